The molecule has 0 aromatic carbocycles. The van der Waals surface area contributed by atoms with Crippen molar-refractivity contribution in [1.29, 1.82) is 0 Å². The van der Waals surface area contributed by atoms with E-state index >= 15 is 0 Å². The molecule has 0 saturated carbocycles. The third kappa shape index (κ3) is 1.67. The Morgan fingerprint density at radius 1 is 1.73 bits per heavy atom. The van der Waals surface area contributed by atoms with Crippen LogP contribution in [0.5, 0.6) is 0 Å². The normalized spacial score (nSPS) is 13.0. The second-order valence-electron chi connectivity index (χ2n) is 2.59. The molecular weight excluding hydrogens is 158 g/mol. The van der Waals surface area contributed by atoms with Crippen LogP contribution in [-0.2, 0) is 0 Å². The van der Waals surface area contributed by atoms with Crippen molar-refractivity contribution in [3.63, 3.8) is 0 Å². The summed E-state index contributed by atoms with van der Waals surface area (Å²) in [5, 5.41) is 1.91. The maximum Gasteiger partial charge on any atom is 0.189 e. The summed E-state index contributed by atoms with van der Waals surface area (Å²) in [5.41, 5.74) is 6.48. The number of thiophene rings is 1. The standard InChI is InChI=1S/C8H11NOS/c1-5-3-4-11-8(5)7(10)6(2)9/h3-4,6H,9H2,1-2H3/t6-/m1/s1. The Kier molecular flexibility index (Phi) is 2.42. The largest absolute Gasteiger partial charge is 0.321 e. The lowest BCUT2D eigenvalue weighted by Gasteiger charge is -2.01. The number of ketones is 1. The third-order valence-corrected chi connectivity index (χ3v) is 2.53. The highest BCUT2D eigenvalue weighted by Gasteiger charge is 2.13. The van der Waals surface area contributed by atoms with Crippen molar-refractivity contribution >= 4 is 17.1 Å². The molecule has 0 saturated heterocycles. The van der Waals surface area contributed by atoms with Crippen molar-refractivity contribution in [3.05, 3.63) is 21.9 Å². The summed E-state index contributed by atoms with van der Waals surface area (Å²) in [6.45, 7) is 3.63. The van der Waals surface area contributed by atoms with Gasteiger partial charge in [0, 0.05) is 0 Å². The van der Waals surface area contributed by atoms with Crippen molar-refractivity contribution in [2.45, 2.75) is 19.9 Å². The van der Waals surface area contributed by atoms with E-state index in [2.05, 4.69) is 0 Å². The third-order valence-electron chi connectivity index (χ3n) is 1.50. The minimum atomic E-state index is -0.382. The zero-order valence-corrected chi connectivity index (χ0v) is 7.44. The molecule has 1 aromatic rings. The van der Waals surface area contributed by atoms with Crippen LogP contribution in [0.4, 0.5) is 0 Å². The molecule has 0 aliphatic carbocycles. The number of carbonyl (C=O) groups excluding carboxylic acids is 1. The molecule has 1 rings (SSSR count). The first-order chi connectivity index (χ1) is 5.13. The number of rotatable bonds is 2. The molecule has 0 aliphatic rings. The van der Waals surface area contributed by atoms with Gasteiger partial charge in [0.1, 0.15) is 0 Å². The molecule has 2 nitrogen and oxygen atoms in total. The highest BCUT2D eigenvalue weighted by atomic mass is 32.1. The lowest BCUT2D eigenvalue weighted by molar-refractivity contribution is 0.0971. The minimum absolute atomic E-state index is 0.0394. The maximum absolute atomic E-state index is 11.3. The van der Waals surface area contributed by atoms with Crippen molar-refractivity contribution in [2.24, 2.45) is 5.73 Å². The minimum Gasteiger partial charge on any atom is -0.321 e. The topological polar surface area (TPSA) is 43.1 Å². The lowest BCUT2D eigenvalue weighted by atomic mass is 10.1. The zero-order chi connectivity index (χ0) is 8.43. The van der Waals surface area contributed by atoms with Gasteiger partial charge in [0.2, 0.25) is 0 Å². The van der Waals surface area contributed by atoms with Gasteiger partial charge in [-0.15, -0.1) is 11.3 Å². The van der Waals surface area contributed by atoms with E-state index < -0.39 is 0 Å². The number of hydrogen-bond donors (Lipinski definition) is 1. The Balaban J connectivity index is 2.93. The highest BCUT2D eigenvalue weighted by Crippen LogP contribution is 2.16. The Bertz CT molecular complexity index is 265. The molecule has 0 amide bonds. The molecule has 0 bridgehead atoms. The Morgan fingerprint density at radius 2 is 2.36 bits per heavy atom. The van der Waals surface area contributed by atoms with Crippen molar-refractivity contribution in [2.75, 3.05) is 0 Å². The summed E-state index contributed by atoms with van der Waals surface area (Å²) < 4.78 is 0. The Hall–Kier alpha value is -0.670. The van der Waals surface area contributed by atoms with Crippen molar-refractivity contribution in [3.8, 4) is 0 Å². The maximum atomic E-state index is 11.3. The predicted octanol–water partition coefficient (Wildman–Crippen LogP) is 1.59. The van der Waals surface area contributed by atoms with Crippen LogP contribution in [0.2, 0.25) is 0 Å². The first kappa shape index (κ1) is 8.43. The van der Waals surface area contributed by atoms with E-state index in [1.54, 1.807) is 6.92 Å². The summed E-state index contributed by atoms with van der Waals surface area (Å²) in [6, 6.07) is 1.55. The predicted molar refractivity (Wildman–Crippen MR) is 47.0 cm³/mol. The smallest absolute Gasteiger partial charge is 0.189 e. The van der Waals surface area contributed by atoms with E-state index in [0.29, 0.717) is 0 Å². The van der Waals surface area contributed by atoms with Gasteiger partial charge in [-0.05, 0) is 30.9 Å². The van der Waals surface area contributed by atoms with Gasteiger partial charge >= 0.3 is 0 Å². The molecule has 1 heterocycles. The molecule has 1 aromatic heterocycles. The van der Waals surface area contributed by atoms with Gasteiger partial charge in [-0.25, -0.2) is 0 Å². The van der Waals surface area contributed by atoms with Crippen LogP contribution in [0.25, 0.3) is 0 Å². The summed E-state index contributed by atoms with van der Waals surface area (Å²) in [4.78, 5) is 12.1. The summed E-state index contributed by atoms with van der Waals surface area (Å²) in [6.07, 6.45) is 0. The van der Waals surface area contributed by atoms with Crippen LogP contribution in [0.15, 0.2) is 11.4 Å². The van der Waals surface area contributed by atoms with Crippen LogP contribution in [0.1, 0.15) is 22.2 Å². The summed E-state index contributed by atoms with van der Waals surface area (Å²) >= 11 is 1.46. The average Bonchev–Trinajstić information content (AvgIpc) is 2.33. The SMILES string of the molecule is Cc1ccsc1C(=O)[C@@H](C)N. The van der Waals surface area contributed by atoms with E-state index in [-0.39, 0.29) is 11.8 Å². The van der Waals surface area contributed by atoms with Gasteiger partial charge in [0.15, 0.2) is 5.78 Å². The van der Waals surface area contributed by atoms with Gasteiger partial charge in [0.05, 0.1) is 10.9 Å². The first-order valence-electron chi connectivity index (χ1n) is 3.47. The van der Waals surface area contributed by atoms with Crippen LogP contribution in [0.3, 0.4) is 0 Å². The molecule has 0 spiro atoms. The van der Waals surface area contributed by atoms with E-state index in [1.165, 1.54) is 11.3 Å². The second kappa shape index (κ2) is 3.15. The Labute approximate surface area is 70.0 Å². The molecule has 2 N–H and O–H groups in total. The molecule has 0 fully saturated rings. The molecule has 1 atom stereocenters. The molecule has 3 heteroatoms. The van der Waals surface area contributed by atoms with Gasteiger partial charge in [-0.2, -0.15) is 0 Å². The van der Waals surface area contributed by atoms with Crippen LogP contribution in [-0.4, -0.2) is 11.8 Å². The van der Waals surface area contributed by atoms with Crippen LogP contribution >= 0.6 is 11.3 Å². The van der Waals surface area contributed by atoms with Crippen LogP contribution in [0, 0.1) is 6.92 Å². The van der Waals surface area contributed by atoms with E-state index in [1.807, 2.05) is 18.4 Å². The zero-order valence-electron chi connectivity index (χ0n) is 6.63. The number of carbonyl (C=O) groups is 1. The van der Waals surface area contributed by atoms with Gasteiger partial charge in [-0.1, -0.05) is 0 Å². The fourth-order valence-corrected chi connectivity index (χ4v) is 1.80. The highest BCUT2D eigenvalue weighted by molar-refractivity contribution is 7.12. The fraction of sp³-hybridized carbons (Fsp3) is 0.375. The number of nitrogens with two attached hydrogens (primary N) is 1. The van der Waals surface area contributed by atoms with Crippen LogP contribution < -0.4 is 5.73 Å². The number of Topliss-reactive ketones (excluding diaryl/α,β-unsaturated/α-hetero) is 1. The van der Waals surface area contributed by atoms with Crippen molar-refractivity contribution < 1.29 is 4.79 Å². The van der Waals surface area contributed by atoms with Crippen molar-refractivity contribution in [1.82, 2.24) is 0 Å². The van der Waals surface area contributed by atoms with Gasteiger partial charge in [0.25, 0.3) is 0 Å². The molecule has 0 unspecified atom stereocenters. The van der Waals surface area contributed by atoms with E-state index in [4.69, 9.17) is 5.73 Å². The first-order valence-corrected chi connectivity index (χ1v) is 4.34. The van der Waals surface area contributed by atoms with E-state index in [0.717, 1.165) is 10.4 Å². The lowest BCUT2D eigenvalue weighted by Crippen LogP contribution is -2.26. The molecule has 60 valence electrons. The fourth-order valence-electron chi connectivity index (χ4n) is 0.832. The number of aryl methyl sites for hydroxylation is 1. The summed E-state index contributed by atoms with van der Waals surface area (Å²) in [5.74, 6) is 0.0394. The second-order valence-corrected chi connectivity index (χ2v) is 3.50. The molecular formula is C8H11NOS. The Morgan fingerprint density at radius 3 is 2.73 bits per heavy atom. The molecule has 11 heavy (non-hydrogen) atoms. The monoisotopic (exact) mass is 169 g/mol. The van der Waals surface area contributed by atoms with E-state index in [9.17, 15) is 4.79 Å². The van der Waals surface area contributed by atoms with Gasteiger partial charge < -0.3 is 5.73 Å². The average molecular weight is 169 g/mol. The molecule has 0 radical (unpaired) electrons. The quantitative estimate of drug-likeness (QED) is 0.683. The van der Waals surface area contributed by atoms with Gasteiger partial charge in [-0.3, -0.25) is 4.79 Å². The number of hydrogen-bond acceptors (Lipinski definition) is 3. The molecule has 0 aliphatic heterocycles. The summed E-state index contributed by atoms with van der Waals surface area (Å²) in [7, 11) is 0.